The summed E-state index contributed by atoms with van der Waals surface area (Å²) in [4.78, 5) is 27.5. The summed E-state index contributed by atoms with van der Waals surface area (Å²) in [7, 11) is 0. The van der Waals surface area contributed by atoms with Gasteiger partial charge < -0.3 is 10.2 Å². The van der Waals surface area contributed by atoms with Crippen LogP contribution in [0.1, 0.15) is 10.4 Å². The molecule has 1 aliphatic heterocycles. The highest BCUT2D eigenvalue weighted by atomic mass is 19.1. The molecule has 1 aromatic rings. The molecule has 1 aliphatic rings. The molecule has 0 spiro atoms. The van der Waals surface area contributed by atoms with Gasteiger partial charge >= 0.3 is 0 Å². The van der Waals surface area contributed by atoms with E-state index in [1.54, 1.807) is 23.1 Å². The van der Waals surface area contributed by atoms with Crippen molar-refractivity contribution in [2.45, 2.75) is 0 Å². The fourth-order valence-corrected chi connectivity index (χ4v) is 2.36. The van der Waals surface area contributed by atoms with E-state index < -0.39 is 5.82 Å². The SMILES string of the molecule is C=CCNC(=O)CN1CCN(C(=O)c2ccccc2F)CC1. The molecule has 2 rings (SSSR count). The van der Waals surface area contributed by atoms with Crippen molar-refractivity contribution in [1.29, 1.82) is 0 Å². The largest absolute Gasteiger partial charge is 0.352 e. The topological polar surface area (TPSA) is 52.7 Å². The van der Waals surface area contributed by atoms with Crippen molar-refractivity contribution < 1.29 is 14.0 Å². The number of hydrogen-bond acceptors (Lipinski definition) is 3. The maximum absolute atomic E-state index is 13.6. The Morgan fingerprint density at radius 2 is 1.91 bits per heavy atom. The fraction of sp³-hybridized carbons (Fsp3) is 0.375. The summed E-state index contributed by atoms with van der Waals surface area (Å²) >= 11 is 0. The predicted molar refractivity (Wildman–Crippen MR) is 82.0 cm³/mol. The van der Waals surface area contributed by atoms with Crippen LogP contribution in [0.15, 0.2) is 36.9 Å². The summed E-state index contributed by atoms with van der Waals surface area (Å²) < 4.78 is 13.6. The predicted octanol–water partition coefficient (Wildman–Crippen LogP) is 0.886. The van der Waals surface area contributed by atoms with E-state index in [1.165, 1.54) is 12.1 Å². The highest BCUT2D eigenvalue weighted by Gasteiger charge is 2.24. The second kappa shape index (κ2) is 7.70. The van der Waals surface area contributed by atoms with Gasteiger partial charge in [-0.1, -0.05) is 18.2 Å². The Bertz CT molecular complexity index is 554. The van der Waals surface area contributed by atoms with E-state index >= 15 is 0 Å². The van der Waals surface area contributed by atoms with Crippen LogP contribution < -0.4 is 5.32 Å². The first-order chi connectivity index (χ1) is 10.6. The molecule has 1 aromatic carbocycles. The maximum atomic E-state index is 13.6. The standard InChI is InChI=1S/C16H20FN3O2/c1-2-7-18-15(21)12-19-8-10-20(11-9-19)16(22)13-5-3-4-6-14(13)17/h2-6H,1,7-12H2,(H,18,21). The molecule has 118 valence electrons. The number of nitrogens with one attached hydrogen (secondary N) is 1. The lowest BCUT2D eigenvalue weighted by molar-refractivity contribution is -0.122. The van der Waals surface area contributed by atoms with Crippen molar-refractivity contribution in [1.82, 2.24) is 15.1 Å². The van der Waals surface area contributed by atoms with E-state index in [4.69, 9.17) is 0 Å². The van der Waals surface area contributed by atoms with Crippen molar-refractivity contribution in [2.24, 2.45) is 0 Å². The minimum atomic E-state index is -0.501. The Labute approximate surface area is 129 Å². The molecular weight excluding hydrogens is 285 g/mol. The van der Waals surface area contributed by atoms with Gasteiger partial charge in [0.25, 0.3) is 5.91 Å². The number of benzene rings is 1. The summed E-state index contributed by atoms with van der Waals surface area (Å²) in [6.07, 6.45) is 1.63. The third-order valence-electron chi connectivity index (χ3n) is 3.57. The minimum Gasteiger partial charge on any atom is -0.352 e. The van der Waals surface area contributed by atoms with E-state index in [2.05, 4.69) is 11.9 Å². The molecule has 0 aliphatic carbocycles. The molecule has 6 heteroatoms. The normalized spacial score (nSPS) is 15.4. The number of nitrogens with zero attached hydrogens (tertiary/aromatic N) is 2. The van der Waals surface area contributed by atoms with Gasteiger partial charge in [0.2, 0.25) is 5.91 Å². The van der Waals surface area contributed by atoms with Gasteiger partial charge in [-0.25, -0.2) is 4.39 Å². The average Bonchev–Trinajstić information content (AvgIpc) is 2.53. The summed E-state index contributed by atoms with van der Waals surface area (Å²) in [5.41, 5.74) is 0.0969. The lowest BCUT2D eigenvalue weighted by Crippen LogP contribution is -2.51. The highest BCUT2D eigenvalue weighted by molar-refractivity contribution is 5.94. The van der Waals surface area contributed by atoms with Crippen LogP contribution >= 0.6 is 0 Å². The summed E-state index contributed by atoms with van der Waals surface area (Å²) in [5, 5.41) is 2.72. The van der Waals surface area contributed by atoms with Gasteiger partial charge in [-0.15, -0.1) is 6.58 Å². The van der Waals surface area contributed by atoms with Crippen LogP contribution in [-0.4, -0.2) is 60.9 Å². The molecule has 0 aromatic heterocycles. The van der Waals surface area contributed by atoms with Gasteiger partial charge in [-0.3, -0.25) is 14.5 Å². The Morgan fingerprint density at radius 1 is 1.23 bits per heavy atom. The van der Waals surface area contributed by atoms with Gasteiger partial charge in [0, 0.05) is 32.7 Å². The van der Waals surface area contributed by atoms with Crippen LogP contribution in [0.5, 0.6) is 0 Å². The Hall–Kier alpha value is -2.21. The van der Waals surface area contributed by atoms with E-state index in [0.717, 1.165) is 0 Å². The number of carbonyl (C=O) groups is 2. The first-order valence-electron chi connectivity index (χ1n) is 7.25. The zero-order chi connectivity index (χ0) is 15.9. The summed E-state index contributed by atoms with van der Waals surface area (Å²) in [6, 6.07) is 5.99. The number of carbonyl (C=O) groups excluding carboxylic acids is 2. The molecule has 0 bridgehead atoms. The molecule has 0 saturated carbocycles. The van der Waals surface area contributed by atoms with Crippen molar-refractivity contribution in [2.75, 3.05) is 39.3 Å². The van der Waals surface area contributed by atoms with Crippen LogP contribution in [-0.2, 0) is 4.79 Å². The smallest absolute Gasteiger partial charge is 0.256 e. The molecule has 22 heavy (non-hydrogen) atoms. The number of halogens is 1. The fourth-order valence-electron chi connectivity index (χ4n) is 2.36. The molecule has 1 heterocycles. The van der Waals surface area contributed by atoms with Gasteiger partial charge in [-0.05, 0) is 12.1 Å². The second-order valence-corrected chi connectivity index (χ2v) is 5.14. The first kappa shape index (κ1) is 16.2. The summed E-state index contributed by atoms with van der Waals surface area (Å²) in [5.74, 6) is -0.860. The lowest BCUT2D eigenvalue weighted by atomic mass is 10.1. The molecule has 0 unspecified atom stereocenters. The zero-order valence-corrected chi connectivity index (χ0v) is 12.4. The quantitative estimate of drug-likeness (QED) is 0.822. The van der Waals surface area contributed by atoms with Gasteiger partial charge in [0.05, 0.1) is 12.1 Å². The van der Waals surface area contributed by atoms with E-state index in [9.17, 15) is 14.0 Å². The first-order valence-corrected chi connectivity index (χ1v) is 7.25. The van der Waals surface area contributed by atoms with Crippen LogP contribution in [0.3, 0.4) is 0 Å². The van der Waals surface area contributed by atoms with Crippen LogP contribution in [0, 0.1) is 5.82 Å². The monoisotopic (exact) mass is 305 g/mol. The van der Waals surface area contributed by atoms with Gasteiger partial charge in [0.15, 0.2) is 0 Å². The van der Waals surface area contributed by atoms with Crippen LogP contribution in [0.25, 0.3) is 0 Å². The average molecular weight is 305 g/mol. The third kappa shape index (κ3) is 4.14. The van der Waals surface area contributed by atoms with Crippen molar-refractivity contribution >= 4 is 11.8 Å². The van der Waals surface area contributed by atoms with Crippen molar-refractivity contribution in [3.8, 4) is 0 Å². The van der Waals surface area contributed by atoms with Crippen LogP contribution in [0.4, 0.5) is 4.39 Å². The molecule has 1 saturated heterocycles. The van der Waals surface area contributed by atoms with E-state index in [1.807, 2.05) is 4.90 Å². The maximum Gasteiger partial charge on any atom is 0.256 e. The van der Waals surface area contributed by atoms with Gasteiger partial charge in [-0.2, -0.15) is 0 Å². The molecule has 1 N–H and O–H groups in total. The summed E-state index contributed by atoms with van der Waals surface area (Å²) in [6.45, 7) is 6.47. The van der Waals surface area contributed by atoms with Crippen molar-refractivity contribution in [3.05, 3.63) is 48.3 Å². The minimum absolute atomic E-state index is 0.0613. The molecule has 0 atom stereocenters. The molecule has 1 fully saturated rings. The third-order valence-corrected chi connectivity index (χ3v) is 3.57. The van der Waals surface area contributed by atoms with E-state index in [0.29, 0.717) is 39.3 Å². The zero-order valence-electron chi connectivity index (χ0n) is 12.4. The molecular formula is C16H20FN3O2. The number of rotatable bonds is 5. The van der Waals surface area contributed by atoms with Gasteiger partial charge in [0.1, 0.15) is 5.82 Å². The van der Waals surface area contributed by atoms with Crippen molar-refractivity contribution in [3.63, 3.8) is 0 Å². The Morgan fingerprint density at radius 3 is 2.55 bits per heavy atom. The number of piperazine rings is 1. The lowest BCUT2D eigenvalue weighted by Gasteiger charge is -2.34. The second-order valence-electron chi connectivity index (χ2n) is 5.14. The van der Waals surface area contributed by atoms with E-state index in [-0.39, 0.29) is 17.4 Å². The number of amides is 2. The van der Waals surface area contributed by atoms with Crippen LogP contribution in [0.2, 0.25) is 0 Å². The Balaban J connectivity index is 1.84. The molecule has 0 radical (unpaired) electrons. The highest BCUT2D eigenvalue weighted by Crippen LogP contribution is 2.12. The Kier molecular flexibility index (Phi) is 5.66. The molecule has 5 nitrogen and oxygen atoms in total. The molecule has 2 amide bonds. The number of hydrogen-bond donors (Lipinski definition) is 1.